The van der Waals surface area contributed by atoms with Crippen LogP contribution in [-0.2, 0) is 9.19 Å². The third-order valence-corrected chi connectivity index (χ3v) is 5.08. The molecule has 4 heteroatoms. The lowest BCUT2D eigenvalue weighted by molar-refractivity contribution is 0.208. The van der Waals surface area contributed by atoms with Crippen molar-refractivity contribution >= 4 is 18.0 Å². The van der Waals surface area contributed by atoms with Crippen molar-refractivity contribution < 1.29 is 9.19 Å². The van der Waals surface area contributed by atoms with Crippen molar-refractivity contribution in [3.63, 3.8) is 0 Å². The predicted octanol–water partition coefficient (Wildman–Crippen LogP) is 2.85. The Bertz CT molecular complexity index is 499. The van der Waals surface area contributed by atoms with Gasteiger partial charge in [0.2, 0.25) is 0 Å². The average Bonchev–Trinajstić information content (AvgIpc) is 2.49. The number of hydrogen-bond donors (Lipinski definition) is 1. The second-order valence-electron chi connectivity index (χ2n) is 4.21. The van der Waals surface area contributed by atoms with Crippen molar-refractivity contribution in [2.75, 3.05) is 6.54 Å². The van der Waals surface area contributed by atoms with E-state index in [1.54, 1.807) is 0 Å². The number of rotatable bonds is 6. The van der Waals surface area contributed by atoms with E-state index in [2.05, 4.69) is 5.48 Å². The summed E-state index contributed by atoms with van der Waals surface area (Å²) >= 11 is 0. The molecule has 1 N–H and O–H groups in total. The minimum atomic E-state index is -3.06. The highest BCUT2D eigenvalue weighted by molar-refractivity contribution is 7.74. The summed E-state index contributed by atoms with van der Waals surface area (Å²) in [6.07, 6.45) is 0.920. The number of benzene rings is 2. The first-order valence-electron chi connectivity index (χ1n) is 6.40. The van der Waals surface area contributed by atoms with Gasteiger partial charge in [-0.3, -0.25) is 4.57 Å². The number of hydrogen-bond acceptors (Lipinski definition) is 3. The van der Waals surface area contributed by atoms with E-state index in [1.807, 2.05) is 67.6 Å². The minimum Gasteiger partial charge on any atom is -0.281 e. The van der Waals surface area contributed by atoms with E-state index in [4.69, 9.17) is 4.62 Å². The largest absolute Gasteiger partial charge is 0.281 e. The molecule has 3 nitrogen and oxygen atoms in total. The van der Waals surface area contributed by atoms with Crippen LogP contribution in [0.15, 0.2) is 60.7 Å². The Balaban J connectivity index is 2.36. The SMILES string of the molecule is CCCNOP(=O)(c1ccccc1)c1ccccc1. The van der Waals surface area contributed by atoms with Crippen molar-refractivity contribution in [2.24, 2.45) is 0 Å². The lowest BCUT2D eigenvalue weighted by Crippen LogP contribution is -2.24. The molecule has 100 valence electrons. The maximum absolute atomic E-state index is 13.2. The number of hydroxylamine groups is 1. The van der Waals surface area contributed by atoms with Crippen molar-refractivity contribution in [3.8, 4) is 0 Å². The van der Waals surface area contributed by atoms with Crippen molar-refractivity contribution in [1.29, 1.82) is 0 Å². The third-order valence-electron chi connectivity index (χ3n) is 2.74. The highest BCUT2D eigenvalue weighted by Crippen LogP contribution is 2.43. The standard InChI is InChI=1S/C15H18NO2P/c1-2-13-16-18-19(17,14-9-5-3-6-10-14)15-11-7-4-8-12-15/h3-12,16H,2,13H2,1H3. The Morgan fingerprint density at radius 3 is 1.84 bits per heavy atom. The third kappa shape index (κ3) is 3.32. The fourth-order valence-electron chi connectivity index (χ4n) is 1.74. The highest BCUT2D eigenvalue weighted by atomic mass is 31.2. The summed E-state index contributed by atoms with van der Waals surface area (Å²) in [5.41, 5.74) is 2.81. The Hall–Kier alpha value is -1.41. The van der Waals surface area contributed by atoms with E-state index in [0.717, 1.165) is 6.42 Å². The lowest BCUT2D eigenvalue weighted by Gasteiger charge is -2.19. The van der Waals surface area contributed by atoms with Crippen LogP contribution >= 0.6 is 7.37 Å². The zero-order valence-electron chi connectivity index (χ0n) is 11.0. The summed E-state index contributed by atoms with van der Waals surface area (Å²) in [4.78, 5) is 0. The molecular formula is C15H18NO2P. The lowest BCUT2D eigenvalue weighted by atomic mass is 10.4. The Labute approximate surface area is 114 Å². The molecular weight excluding hydrogens is 257 g/mol. The van der Waals surface area contributed by atoms with Gasteiger partial charge < -0.3 is 0 Å². The summed E-state index contributed by atoms with van der Waals surface area (Å²) in [6, 6.07) is 18.6. The summed E-state index contributed by atoms with van der Waals surface area (Å²) in [7, 11) is -3.06. The first kappa shape index (κ1) is 14.0. The molecule has 0 bridgehead atoms. The zero-order chi connectivity index (χ0) is 13.6. The molecule has 0 aliphatic heterocycles. The summed E-state index contributed by atoms with van der Waals surface area (Å²) in [6.45, 7) is 2.70. The van der Waals surface area contributed by atoms with Gasteiger partial charge in [0.15, 0.2) is 0 Å². The maximum atomic E-state index is 13.2. The first-order valence-corrected chi connectivity index (χ1v) is 8.02. The fourth-order valence-corrected chi connectivity index (χ4v) is 3.65. The molecule has 0 radical (unpaired) electrons. The molecule has 0 amide bonds. The quantitative estimate of drug-likeness (QED) is 0.500. The van der Waals surface area contributed by atoms with E-state index in [9.17, 15) is 4.57 Å². The van der Waals surface area contributed by atoms with Gasteiger partial charge in [0, 0.05) is 17.2 Å². The molecule has 19 heavy (non-hydrogen) atoms. The van der Waals surface area contributed by atoms with Gasteiger partial charge in [-0.2, -0.15) is 5.48 Å². The fraction of sp³-hybridized carbons (Fsp3) is 0.200. The molecule has 0 unspecified atom stereocenters. The van der Waals surface area contributed by atoms with E-state index >= 15 is 0 Å². The molecule has 0 saturated carbocycles. The minimum absolute atomic E-state index is 0.670. The highest BCUT2D eigenvalue weighted by Gasteiger charge is 2.28. The van der Waals surface area contributed by atoms with Crippen LogP contribution in [0, 0.1) is 0 Å². The monoisotopic (exact) mass is 275 g/mol. The molecule has 0 aromatic heterocycles. The van der Waals surface area contributed by atoms with Gasteiger partial charge in [0.1, 0.15) is 0 Å². The molecule has 0 saturated heterocycles. The van der Waals surface area contributed by atoms with Gasteiger partial charge >= 0.3 is 0 Å². The van der Waals surface area contributed by atoms with Crippen molar-refractivity contribution in [1.82, 2.24) is 5.48 Å². The molecule has 2 rings (SSSR count). The number of nitrogens with one attached hydrogen (secondary N) is 1. The van der Waals surface area contributed by atoms with E-state index in [1.165, 1.54) is 0 Å². The maximum Gasteiger partial charge on any atom is 0.277 e. The van der Waals surface area contributed by atoms with Crippen LogP contribution in [0.3, 0.4) is 0 Å². The zero-order valence-corrected chi connectivity index (χ0v) is 11.8. The first-order chi connectivity index (χ1) is 9.27. The Morgan fingerprint density at radius 1 is 0.947 bits per heavy atom. The molecule has 2 aromatic carbocycles. The normalized spacial score (nSPS) is 11.4. The summed E-state index contributed by atoms with van der Waals surface area (Å²) in [5, 5.41) is 1.40. The van der Waals surface area contributed by atoms with Crippen LogP contribution < -0.4 is 16.1 Å². The van der Waals surface area contributed by atoms with Crippen molar-refractivity contribution in [2.45, 2.75) is 13.3 Å². The van der Waals surface area contributed by atoms with Gasteiger partial charge in [0.05, 0.1) is 0 Å². The van der Waals surface area contributed by atoms with Crippen LogP contribution in [0.25, 0.3) is 0 Å². The Kier molecular flexibility index (Phi) is 4.92. The van der Waals surface area contributed by atoms with Gasteiger partial charge in [0.25, 0.3) is 7.37 Å². The van der Waals surface area contributed by atoms with Gasteiger partial charge in [-0.15, -0.1) is 0 Å². The van der Waals surface area contributed by atoms with Crippen LogP contribution in [0.4, 0.5) is 0 Å². The average molecular weight is 275 g/mol. The molecule has 0 heterocycles. The smallest absolute Gasteiger partial charge is 0.277 e. The van der Waals surface area contributed by atoms with Crippen LogP contribution in [0.5, 0.6) is 0 Å². The molecule has 0 atom stereocenters. The predicted molar refractivity (Wildman–Crippen MR) is 79.1 cm³/mol. The molecule has 0 aliphatic carbocycles. The molecule has 0 fully saturated rings. The van der Waals surface area contributed by atoms with Gasteiger partial charge in [-0.1, -0.05) is 43.3 Å². The van der Waals surface area contributed by atoms with E-state index in [0.29, 0.717) is 17.2 Å². The van der Waals surface area contributed by atoms with Gasteiger partial charge in [-0.25, -0.2) is 4.62 Å². The molecule has 0 spiro atoms. The van der Waals surface area contributed by atoms with E-state index in [-0.39, 0.29) is 0 Å². The molecule has 2 aromatic rings. The topological polar surface area (TPSA) is 38.3 Å². The summed E-state index contributed by atoms with van der Waals surface area (Å²) < 4.78 is 18.8. The van der Waals surface area contributed by atoms with Crippen LogP contribution in [0.2, 0.25) is 0 Å². The second kappa shape index (κ2) is 6.67. The van der Waals surface area contributed by atoms with Crippen LogP contribution in [0.1, 0.15) is 13.3 Å². The molecule has 0 aliphatic rings. The van der Waals surface area contributed by atoms with E-state index < -0.39 is 7.37 Å². The second-order valence-corrected chi connectivity index (χ2v) is 6.53. The summed E-state index contributed by atoms with van der Waals surface area (Å²) in [5.74, 6) is 0. The van der Waals surface area contributed by atoms with Crippen LogP contribution in [-0.4, -0.2) is 6.54 Å². The van der Waals surface area contributed by atoms with Crippen molar-refractivity contribution in [3.05, 3.63) is 60.7 Å². The van der Waals surface area contributed by atoms with Gasteiger partial charge in [-0.05, 0) is 30.7 Å². The Morgan fingerprint density at radius 2 is 1.42 bits per heavy atom.